The van der Waals surface area contributed by atoms with Gasteiger partial charge in [-0.25, -0.2) is 0 Å². The van der Waals surface area contributed by atoms with Crippen LogP contribution in [0.4, 0.5) is 5.69 Å². The Balaban J connectivity index is 1.87. The third-order valence-corrected chi connectivity index (χ3v) is 6.40. The average Bonchev–Trinajstić information content (AvgIpc) is 2.79. The second-order valence-corrected chi connectivity index (χ2v) is 9.65. The number of nitriles is 1. The topological polar surface area (TPSA) is 71.3 Å². The summed E-state index contributed by atoms with van der Waals surface area (Å²) in [5.41, 5.74) is 5.35. The SMILES string of the molecule is CCOc1cc(/C=C(\C#N)C(=O)Nc2cccc(Cl)c2C)cc(I)c1OCc1cc(C)cc(C)c1. The molecule has 180 valence electrons. The minimum absolute atomic E-state index is 0.0356. The lowest BCUT2D eigenvalue weighted by Crippen LogP contribution is -2.14. The van der Waals surface area contributed by atoms with Gasteiger partial charge >= 0.3 is 0 Å². The summed E-state index contributed by atoms with van der Waals surface area (Å²) in [6.07, 6.45) is 1.54. The quantitative estimate of drug-likeness (QED) is 0.166. The first-order valence-electron chi connectivity index (χ1n) is 11.1. The molecule has 0 atom stereocenters. The van der Waals surface area contributed by atoms with Crippen molar-refractivity contribution in [2.24, 2.45) is 0 Å². The van der Waals surface area contributed by atoms with E-state index in [0.29, 0.717) is 41.0 Å². The molecule has 5 nitrogen and oxygen atoms in total. The lowest BCUT2D eigenvalue weighted by molar-refractivity contribution is -0.112. The smallest absolute Gasteiger partial charge is 0.266 e. The molecule has 3 aromatic carbocycles. The largest absolute Gasteiger partial charge is 0.490 e. The van der Waals surface area contributed by atoms with Crippen LogP contribution in [0.15, 0.2) is 54.1 Å². The number of amides is 1. The Morgan fingerprint density at radius 1 is 1.11 bits per heavy atom. The molecule has 3 rings (SSSR count). The molecular formula is C28H26ClIN2O3. The fourth-order valence-corrected chi connectivity index (χ4v) is 4.59. The Labute approximate surface area is 224 Å². The number of benzene rings is 3. The first-order valence-corrected chi connectivity index (χ1v) is 12.5. The Morgan fingerprint density at radius 2 is 1.83 bits per heavy atom. The molecular weight excluding hydrogens is 575 g/mol. The summed E-state index contributed by atoms with van der Waals surface area (Å²) in [6, 6.07) is 17.2. The van der Waals surface area contributed by atoms with E-state index in [2.05, 4.69) is 60.0 Å². The maximum Gasteiger partial charge on any atom is 0.266 e. The van der Waals surface area contributed by atoms with Gasteiger partial charge in [-0.05, 0) is 97.3 Å². The molecule has 0 aliphatic heterocycles. The number of hydrogen-bond donors (Lipinski definition) is 1. The van der Waals surface area contributed by atoms with Crippen molar-refractivity contribution in [2.75, 3.05) is 11.9 Å². The zero-order valence-electron chi connectivity index (χ0n) is 20.0. The van der Waals surface area contributed by atoms with E-state index < -0.39 is 5.91 Å². The summed E-state index contributed by atoms with van der Waals surface area (Å²) >= 11 is 8.32. The molecule has 0 bridgehead atoms. The Morgan fingerprint density at radius 3 is 2.49 bits per heavy atom. The fourth-order valence-electron chi connectivity index (χ4n) is 3.63. The lowest BCUT2D eigenvalue weighted by Gasteiger charge is -2.15. The van der Waals surface area contributed by atoms with E-state index >= 15 is 0 Å². The fraction of sp³-hybridized carbons (Fsp3) is 0.214. The molecule has 3 aromatic rings. The second kappa shape index (κ2) is 12.1. The first kappa shape index (κ1) is 26.6. The van der Waals surface area contributed by atoms with Crippen molar-refractivity contribution in [3.8, 4) is 17.6 Å². The predicted molar refractivity (Wildman–Crippen MR) is 149 cm³/mol. The van der Waals surface area contributed by atoms with Crippen LogP contribution in [0.3, 0.4) is 0 Å². The van der Waals surface area contributed by atoms with Crippen LogP contribution in [0.5, 0.6) is 11.5 Å². The minimum Gasteiger partial charge on any atom is -0.490 e. The highest BCUT2D eigenvalue weighted by Gasteiger charge is 2.16. The molecule has 0 saturated heterocycles. The third-order valence-electron chi connectivity index (χ3n) is 5.19. The predicted octanol–water partition coefficient (Wildman–Crippen LogP) is 7.39. The van der Waals surface area contributed by atoms with Gasteiger partial charge in [-0.3, -0.25) is 4.79 Å². The van der Waals surface area contributed by atoms with Gasteiger partial charge in [0.05, 0.1) is 10.2 Å². The van der Waals surface area contributed by atoms with E-state index in [1.165, 1.54) is 17.2 Å². The number of nitrogens with zero attached hydrogens (tertiary/aromatic N) is 1. The molecule has 1 amide bonds. The summed E-state index contributed by atoms with van der Waals surface area (Å²) in [5.74, 6) is 0.667. The minimum atomic E-state index is -0.513. The molecule has 0 heterocycles. The van der Waals surface area contributed by atoms with Gasteiger partial charge in [-0.1, -0.05) is 47.0 Å². The normalized spacial score (nSPS) is 11.1. The maximum absolute atomic E-state index is 12.8. The van der Waals surface area contributed by atoms with Crippen molar-refractivity contribution in [3.63, 3.8) is 0 Å². The summed E-state index contributed by atoms with van der Waals surface area (Å²) in [5, 5.41) is 13.0. The van der Waals surface area contributed by atoms with E-state index in [1.807, 2.05) is 19.1 Å². The van der Waals surface area contributed by atoms with Crippen LogP contribution < -0.4 is 14.8 Å². The number of rotatable bonds is 8. The van der Waals surface area contributed by atoms with Crippen LogP contribution in [0.2, 0.25) is 5.02 Å². The van der Waals surface area contributed by atoms with E-state index in [0.717, 1.165) is 14.7 Å². The number of carbonyl (C=O) groups is 1. The number of nitrogens with one attached hydrogen (secondary N) is 1. The molecule has 35 heavy (non-hydrogen) atoms. The van der Waals surface area contributed by atoms with E-state index in [9.17, 15) is 10.1 Å². The highest BCUT2D eigenvalue weighted by Crippen LogP contribution is 2.36. The highest BCUT2D eigenvalue weighted by atomic mass is 127. The van der Waals surface area contributed by atoms with E-state index in [1.54, 1.807) is 31.2 Å². The maximum atomic E-state index is 12.8. The van der Waals surface area contributed by atoms with Gasteiger partial charge < -0.3 is 14.8 Å². The van der Waals surface area contributed by atoms with Crippen LogP contribution in [0.1, 0.15) is 34.7 Å². The Hall–Kier alpha value is -3.02. The standard InChI is InChI=1S/C28H26ClIN2O3/c1-5-34-26-14-20(12-22(15-31)28(33)32-25-8-6-7-23(29)19(25)4)13-24(30)27(26)35-16-21-10-17(2)9-18(3)11-21/h6-14H,5,16H2,1-4H3,(H,32,33)/b22-12+. The van der Waals surface area contributed by atoms with Crippen LogP contribution in [-0.4, -0.2) is 12.5 Å². The van der Waals surface area contributed by atoms with Crippen molar-refractivity contribution < 1.29 is 14.3 Å². The van der Waals surface area contributed by atoms with Crippen molar-refractivity contribution in [2.45, 2.75) is 34.3 Å². The van der Waals surface area contributed by atoms with Gasteiger partial charge in [-0.2, -0.15) is 5.26 Å². The molecule has 0 aromatic heterocycles. The van der Waals surface area contributed by atoms with Gasteiger partial charge in [0.15, 0.2) is 11.5 Å². The average molecular weight is 601 g/mol. The number of carbonyl (C=O) groups excluding carboxylic acids is 1. The van der Waals surface area contributed by atoms with Crippen LogP contribution in [-0.2, 0) is 11.4 Å². The molecule has 0 radical (unpaired) electrons. The van der Waals surface area contributed by atoms with Crippen molar-refractivity contribution >= 4 is 51.9 Å². The van der Waals surface area contributed by atoms with Crippen molar-refractivity contribution in [3.05, 3.63) is 90.5 Å². The monoisotopic (exact) mass is 600 g/mol. The first-order chi connectivity index (χ1) is 16.7. The molecule has 0 fully saturated rings. The van der Waals surface area contributed by atoms with Crippen LogP contribution in [0.25, 0.3) is 6.08 Å². The molecule has 0 spiro atoms. The summed E-state index contributed by atoms with van der Waals surface area (Å²) in [6.45, 7) is 8.67. The molecule has 0 unspecified atom stereocenters. The Kier molecular flexibility index (Phi) is 9.19. The number of ether oxygens (including phenoxy) is 2. The summed E-state index contributed by atoms with van der Waals surface area (Å²) < 4.78 is 12.8. The van der Waals surface area contributed by atoms with Crippen molar-refractivity contribution in [1.82, 2.24) is 0 Å². The van der Waals surface area contributed by atoms with Gasteiger partial charge in [0, 0.05) is 10.7 Å². The van der Waals surface area contributed by atoms with Gasteiger partial charge in [-0.15, -0.1) is 0 Å². The summed E-state index contributed by atoms with van der Waals surface area (Å²) in [4.78, 5) is 12.8. The number of halogens is 2. The number of anilines is 1. The van der Waals surface area contributed by atoms with Gasteiger partial charge in [0.1, 0.15) is 18.2 Å². The Bertz CT molecular complexity index is 1310. The van der Waals surface area contributed by atoms with Gasteiger partial charge in [0.2, 0.25) is 0 Å². The lowest BCUT2D eigenvalue weighted by atomic mass is 10.1. The molecule has 7 heteroatoms. The molecule has 0 aliphatic rings. The van der Waals surface area contributed by atoms with Crippen molar-refractivity contribution in [1.29, 1.82) is 5.26 Å². The number of aryl methyl sites for hydroxylation is 2. The van der Waals surface area contributed by atoms with E-state index in [4.69, 9.17) is 21.1 Å². The van der Waals surface area contributed by atoms with Crippen LogP contribution in [0, 0.1) is 35.7 Å². The molecule has 0 saturated carbocycles. The summed E-state index contributed by atoms with van der Waals surface area (Å²) in [7, 11) is 0. The van der Waals surface area contributed by atoms with Gasteiger partial charge in [0.25, 0.3) is 5.91 Å². The second-order valence-electron chi connectivity index (χ2n) is 8.08. The number of hydrogen-bond acceptors (Lipinski definition) is 4. The zero-order chi connectivity index (χ0) is 25.5. The van der Waals surface area contributed by atoms with E-state index in [-0.39, 0.29) is 5.57 Å². The third kappa shape index (κ3) is 7.00. The zero-order valence-corrected chi connectivity index (χ0v) is 23.0. The molecule has 1 N–H and O–H groups in total. The highest BCUT2D eigenvalue weighted by molar-refractivity contribution is 14.1. The van der Waals surface area contributed by atoms with Crippen LogP contribution >= 0.6 is 34.2 Å². The molecule has 0 aliphatic carbocycles.